The maximum atomic E-state index is 7.09. The van der Waals surface area contributed by atoms with Gasteiger partial charge in [0.25, 0.3) is 0 Å². The molecule has 0 saturated heterocycles. The van der Waals surface area contributed by atoms with Crippen LogP contribution in [0.4, 0.5) is 0 Å². The van der Waals surface area contributed by atoms with Crippen LogP contribution in [0.2, 0.25) is 0 Å². The third kappa shape index (κ3) is 1.02. The molecule has 0 amide bonds. The predicted octanol–water partition coefficient (Wildman–Crippen LogP) is 0.427. The lowest BCUT2D eigenvalue weighted by atomic mass is 10.2. The molecule has 0 atom stereocenters. The Kier molecular flexibility index (Phi) is 1.40. The van der Waals surface area contributed by atoms with Crippen molar-refractivity contribution in [1.82, 2.24) is 10.2 Å². The molecule has 4 heteroatoms. The third-order valence-corrected chi connectivity index (χ3v) is 0.954. The van der Waals surface area contributed by atoms with Gasteiger partial charge < -0.3 is 5.41 Å². The molecule has 1 heterocycles. The first-order chi connectivity index (χ1) is 4.34. The van der Waals surface area contributed by atoms with E-state index >= 15 is 0 Å². The van der Waals surface area contributed by atoms with Crippen LogP contribution in [0.3, 0.4) is 0 Å². The van der Waals surface area contributed by atoms with Crippen molar-refractivity contribution < 1.29 is 0 Å². The highest BCUT2D eigenvalue weighted by Gasteiger charge is 1.95. The van der Waals surface area contributed by atoms with Crippen LogP contribution in [0.1, 0.15) is 5.56 Å². The first kappa shape index (κ1) is 5.68. The molecule has 0 aliphatic rings. The predicted molar refractivity (Wildman–Crippen MR) is 34.2 cm³/mol. The van der Waals surface area contributed by atoms with Gasteiger partial charge in [0, 0.05) is 18.0 Å². The third-order valence-electron chi connectivity index (χ3n) is 0.954. The average molecular weight is 122 g/mol. The van der Waals surface area contributed by atoms with Gasteiger partial charge in [-0.05, 0) is 0 Å². The summed E-state index contributed by atoms with van der Waals surface area (Å²) in [6, 6.07) is 0. The Hall–Kier alpha value is -1.45. The Morgan fingerprint density at radius 1 is 1.78 bits per heavy atom. The van der Waals surface area contributed by atoms with Gasteiger partial charge in [-0.3, -0.25) is 10.5 Å². The zero-order chi connectivity index (χ0) is 6.69. The fourth-order valence-corrected chi connectivity index (χ4v) is 0.482. The number of nitrogens with one attached hydrogen (secondary N) is 3. The summed E-state index contributed by atoms with van der Waals surface area (Å²) in [5, 5.41) is 20.0. The minimum absolute atomic E-state index is 0.170. The van der Waals surface area contributed by atoms with Gasteiger partial charge in [-0.15, -0.1) is 0 Å². The van der Waals surface area contributed by atoms with Gasteiger partial charge in [0.1, 0.15) is 0 Å². The average Bonchev–Trinajstić information content (AvgIpc) is 2.37. The van der Waals surface area contributed by atoms with Crippen LogP contribution in [-0.2, 0) is 0 Å². The van der Waals surface area contributed by atoms with Crippen LogP contribution in [0.5, 0.6) is 0 Å². The van der Waals surface area contributed by atoms with Gasteiger partial charge in [-0.25, -0.2) is 0 Å². The summed E-state index contributed by atoms with van der Waals surface area (Å²) >= 11 is 0. The van der Waals surface area contributed by atoms with Gasteiger partial charge >= 0.3 is 0 Å². The molecule has 0 aromatic carbocycles. The maximum Gasteiger partial charge on any atom is 0.0819 e. The molecular weight excluding hydrogens is 116 g/mol. The molecule has 4 nitrogen and oxygen atoms in total. The lowest BCUT2D eigenvalue weighted by molar-refractivity contribution is 1.09. The van der Waals surface area contributed by atoms with E-state index in [0.29, 0.717) is 5.56 Å². The van der Waals surface area contributed by atoms with Gasteiger partial charge in [0.2, 0.25) is 0 Å². The fraction of sp³-hybridized carbons (Fsp3) is 0. The highest BCUT2D eigenvalue weighted by atomic mass is 15.1. The highest BCUT2D eigenvalue weighted by Crippen LogP contribution is 1.91. The van der Waals surface area contributed by atoms with E-state index in [-0.39, 0.29) is 5.71 Å². The molecule has 1 aromatic rings. The topological polar surface area (TPSA) is 76.4 Å². The normalized spacial score (nSPS) is 8.89. The molecule has 0 fully saturated rings. The SMILES string of the molecule is N=CC(=N)c1cn[nH]c1. The Balaban J connectivity index is 2.89. The number of hydrogen-bond acceptors (Lipinski definition) is 3. The molecule has 1 aromatic heterocycles. The molecule has 9 heavy (non-hydrogen) atoms. The molecule has 0 aliphatic carbocycles. The lowest BCUT2D eigenvalue weighted by Gasteiger charge is -1.84. The highest BCUT2D eigenvalue weighted by molar-refractivity contribution is 6.35. The second-order valence-electron chi connectivity index (χ2n) is 1.54. The van der Waals surface area contributed by atoms with Gasteiger partial charge in [-0.2, -0.15) is 5.10 Å². The van der Waals surface area contributed by atoms with E-state index in [2.05, 4.69) is 10.2 Å². The van der Waals surface area contributed by atoms with Crippen molar-refractivity contribution in [1.29, 1.82) is 10.8 Å². The Morgan fingerprint density at radius 3 is 3.00 bits per heavy atom. The van der Waals surface area contributed by atoms with Crippen LogP contribution >= 0.6 is 0 Å². The summed E-state index contributed by atoms with van der Waals surface area (Å²) in [5.41, 5.74) is 0.814. The monoisotopic (exact) mass is 122 g/mol. The zero-order valence-corrected chi connectivity index (χ0v) is 4.68. The van der Waals surface area contributed by atoms with Crippen LogP contribution < -0.4 is 0 Å². The van der Waals surface area contributed by atoms with E-state index < -0.39 is 0 Å². The van der Waals surface area contributed by atoms with Crippen molar-refractivity contribution in [2.45, 2.75) is 0 Å². The molecule has 0 spiro atoms. The van der Waals surface area contributed by atoms with Gasteiger partial charge in [0.05, 0.1) is 11.9 Å². The Bertz CT molecular complexity index is 211. The second-order valence-corrected chi connectivity index (χ2v) is 1.54. The van der Waals surface area contributed by atoms with Gasteiger partial charge in [-0.1, -0.05) is 0 Å². The summed E-state index contributed by atoms with van der Waals surface area (Å²) < 4.78 is 0. The number of aromatic amines is 1. The number of nitrogens with zero attached hydrogens (tertiary/aromatic N) is 1. The van der Waals surface area contributed by atoms with Crippen molar-refractivity contribution in [3.8, 4) is 0 Å². The molecule has 0 radical (unpaired) electrons. The fourth-order valence-electron chi connectivity index (χ4n) is 0.482. The van der Waals surface area contributed by atoms with E-state index in [1.165, 1.54) is 6.20 Å². The number of hydrogen-bond donors (Lipinski definition) is 3. The number of rotatable bonds is 2. The molecule has 0 bridgehead atoms. The van der Waals surface area contributed by atoms with Crippen LogP contribution in [0.15, 0.2) is 12.4 Å². The lowest BCUT2D eigenvalue weighted by Crippen LogP contribution is -1.95. The standard InChI is InChI=1S/C5H6N4/c6-1-5(7)4-2-8-9-3-4/h1-3,6-7H,(H,8,9). The molecule has 0 unspecified atom stereocenters. The van der Waals surface area contributed by atoms with Crippen molar-refractivity contribution in [3.63, 3.8) is 0 Å². The first-order valence-corrected chi connectivity index (χ1v) is 2.43. The molecule has 3 N–H and O–H groups in total. The summed E-state index contributed by atoms with van der Waals surface area (Å²) in [6.45, 7) is 0. The minimum Gasteiger partial charge on any atom is -0.307 e. The van der Waals surface area contributed by atoms with E-state index in [1.54, 1.807) is 6.20 Å². The summed E-state index contributed by atoms with van der Waals surface area (Å²) in [5.74, 6) is 0. The van der Waals surface area contributed by atoms with Crippen LogP contribution in [0, 0.1) is 10.8 Å². The Labute approximate surface area is 51.9 Å². The number of aromatic nitrogens is 2. The largest absolute Gasteiger partial charge is 0.307 e. The van der Waals surface area contributed by atoms with E-state index in [4.69, 9.17) is 10.8 Å². The quantitative estimate of drug-likeness (QED) is 0.488. The van der Waals surface area contributed by atoms with E-state index in [1.807, 2.05) is 0 Å². The van der Waals surface area contributed by atoms with Gasteiger partial charge in [0.15, 0.2) is 0 Å². The van der Waals surface area contributed by atoms with Crippen molar-refractivity contribution >= 4 is 11.9 Å². The van der Waals surface area contributed by atoms with Crippen molar-refractivity contribution in [2.24, 2.45) is 0 Å². The minimum atomic E-state index is 0.170. The summed E-state index contributed by atoms with van der Waals surface area (Å²) in [6.07, 6.45) is 4.06. The molecule has 0 saturated carbocycles. The molecule has 46 valence electrons. The van der Waals surface area contributed by atoms with E-state index in [0.717, 1.165) is 6.21 Å². The Morgan fingerprint density at radius 2 is 2.56 bits per heavy atom. The first-order valence-electron chi connectivity index (χ1n) is 2.43. The number of H-pyrrole nitrogens is 1. The second kappa shape index (κ2) is 2.21. The van der Waals surface area contributed by atoms with Crippen molar-refractivity contribution in [2.75, 3.05) is 0 Å². The maximum absolute atomic E-state index is 7.09. The summed E-state index contributed by atoms with van der Waals surface area (Å²) in [4.78, 5) is 0. The molecule has 1 rings (SSSR count). The molecular formula is C5H6N4. The summed E-state index contributed by atoms with van der Waals surface area (Å²) in [7, 11) is 0. The molecule has 0 aliphatic heterocycles. The van der Waals surface area contributed by atoms with Crippen LogP contribution in [0.25, 0.3) is 0 Å². The van der Waals surface area contributed by atoms with E-state index in [9.17, 15) is 0 Å². The van der Waals surface area contributed by atoms with Crippen LogP contribution in [-0.4, -0.2) is 22.1 Å². The smallest absolute Gasteiger partial charge is 0.0819 e. The van der Waals surface area contributed by atoms with Crippen molar-refractivity contribution in [3.05, 3.63) is 18.0 Å². The zero-order valence-electron chi connectivity index (χ0n) is 4.68.